The molecule has 3 amide bonds. The van der Waals surface area contributed by atoms with Crippen LogP contribution in [0.25, 0.3) is 0 Å². The Kier molecular flexibility index (Phi) is 4.42. The van der Waals surface area contributed by atoms with Crippen LogP contribution in [0.5, 0.6) is 0 Å². The molecule has 2 aliphatic rings. The number of benzene rings is 2. The minimum absolute atomic E-state index is 0.215. The second-order valence-corrected chi connectivity index (χ2v) is 7.30. The third-order valence-electron chi connectivity index (χ3n) is 4.55. The molecule has 4 rings (SSSR count). The van der Waals surface area contributed by atoms with Gasteiger partial charge in [0.2, 0.25) is 0 Å². The molecule has 1 fully saturated rings. The molecule has 0 N–H and O–H groups in total. The van der Waals surface area contributed by atoms with E-state index in [0.29, 0.717) is 5.56 Å². The minimum Gasteiger partial charge on any atom is -0.312 e. The van der Waals surface area contributed by atoms with Gasteiger partial charge in [0.15, 0.2) is 0 Å². The second-order valence-electron chi connectivity index (χ2n) is 6.25. The summed E-state index contributed by atoms with van der Waals surface area (Å²) in [7, 11) is 0. The molecule has 0 bridgehead atoms. The molecule has 1 saturated heterocycles. The number of anilines is 1. The van der Waals surface area contributed by atoms with Crippen molar-refractivity contribution in [2.24, 2.45) is 0 Å². The second kappa shape index (κ2) is 6.89. The Morgan fingerprint density at radius 1 is 1.15 bits per heavy atom. The normalized spacial score (nSPS) is 21.3. The summed E-state index contributed by atoms with van der Waals surface area (Å²) >= 11 is 1.35. The van der Waals surface area contributed by atoms with Gasteiger partial charge in [-0.15, -0.1) is 11.8 Å². The number of carbonyl (C=O) groups is 2. The molecule has 2 heterocycles. The molecule has 2 atom stereocenters. The molecular formula is C20H14FN3O2S. The number of nitrogens with zero attached hydrogens (tertiary/aromatic N) is 3. The largest absolute Gasteiger partial charge is 0.332 e. The van der Waals surface area contributed by atoms with Gasteiger partial charge in [-0.1, -0.05) is 24.3 Å². The van der Waals surface area contributed by atoms with Crippen LogP contribution in [-0.4, -0.2) is 28.1 Å². The summed E-state index contributed by atoms with van der Waals surface area (Å²) in [6.07, 6.45) is 1.84. The standard InChI is InChI=1S/C20H14FN3O2S/c21-15-5-2-6-16(10-15)24-19(25)18-17(7-8-27-18)23(20(24)26)12-14-4-1-3-13(9-14)11-22/h1-10,17-18H,12H2. The van der Waals surface area contributed by atoms with Crippen molar-refractivity contribution in [3.63, 3.8) is 0 Å². The van der Waals surface area contributed by atoms with E-state index in [1.54, 1.807) is 29.2 Å². The van der Waals surface area contributed by atoms with E-state index in [9.17, 15) is 14.0 Å². The van der Waals surface area contributed by atoms with Crippen LogP contribution in [-0.2, 0) is 11.3 Å². The topological polar surface area (TPSA) is 64.4 Å². The number of nitriles is 1. The van der Waals surface area contributed by atoms with Crippen molar-refractivity contribution < 1.29 is 14.0 Å². The first-order valence-electron chi connectivity index (χ1n) is 8.30. The minimum atomic E-state index is -0.513. The van der Waals surface area contributed by atoms with Crippen molar-refractivity contribution >= 4 is 29.4 Å². The number of fused-ring (bicyclic) bond motifs is 1. The lowest BCUT2D eigenvalue weighted by Gasteiger charge is -2.41. The van der Waals surface area contributed by atoms with Gasteiger partial charge in [0.05, 0.1) is 23.4 Å². The molecule has 2 aromatic carbocycles. The number of rotatable bonds is 3. The fourth-order valence-electron chi connectivity index (χ4n) is 3.30. The lowest BCUT2D eigenvalue weighted by molar-refractivity contribution is -0.119. The molecule has 2 aliphatic heterocycles. The smallest absolute Gasteiger partial charge is 0.312 e. The van der Waals surface area contributed by atoms with Gasteiger partial charge in [-0.2, -0.15) is 5.26 Å². The van der Waals surface area contributed by atoms with Gasteiger partial charge >= 0.3 is 6.03 Å². The summed E-state index contributed by atoms with van der Waals surface area (Å²) in [6, 6.07) is 13.7. The first-order valence-corrected chi connectivity index (χ1v) is 9.24. The van der Waals surface area contributed by atoms with Gasteiger partial charge in [-0.05, 0) is 41.3 Å². The molecule has 0 aromatic heterocycles. The Labute approximate surface area is 159 Å². The number of urea groups is 1. The molecule has 134 valence electrons. The molecule has 0 spiro atoms. The first kappa shape index (κ1) is 17.3. The van der Waals surface area contributed by atoms with E-state index >= 15 is 0 Å². The van der Waals surface area contributed by atoms with Crippen molar-refractivity contribution in [2.75, 3.05) is 4.90 Å². The van der Waals surface area contributed by atoms with E-state index in [-0.39, 0.29) is 24.2 Å². The van der Waals surface area contributed by atoms with Gasteiger partial charge in [-0.3, -0.25) is 4.79 Å². The highest BCUT2D eigenvalue weighted by Gasteiger charge is 2.47. The van der Waals surface area contributed by atoms with Crippen molar-refractivity contribution in [1.29, 1.82) is 5.26 Å². The van der Waals surface area contributed by atoms with Crippen LogP contribution < -0.4 is 4.90 Å². The summed E-state index contributed by atoms with van der Waals surface area (Å²) in [5.74, 6) is -0.867. The highest BCUT2D eigenvalue weighted by Crippen LogP contribution is 2.37. The van der Waals surface area contributed by atoms with Crippen LogP contribution in [0.1, 0.15) is 11.1 Å². The number of hydrogen-bond donors (Lipinski definition) is 0. The SMILES string of the molecule is N#Cc1cccc(CN2C(=O)N(c3cccc(F)c3)C(=O)C3SC=CC32)c1. The van der Waals surface area contributed by atoms with Crippen LogP contribution >= 0.6 is 11.8 Å². The molecule has 0 radical (unpaired) electrons. The van der Waals surface area contributed by atoms with Gasteiger partial charge in [-0.25, -0.2) is 14.1 Å². The quantitative estimate of drug-likeness (QED) is 0.816. The Bertz CT molecular complexity index is 1000. The highest BCUT2D eigenvalue weighted by molar-refractivity contribution is 8.03. The van der Waals surface area contributed by atoms with E-state index in [2.05, 4.69) is 6.07 Å². The zero-order chi connectivity index (χ0) is 19.0. The molecular weight excluding hydrogens is 365 g/mol. The van der Waals surface area contributed by atoms with Crippen LogP contribution in [0.4, 0.5) is 14.9 Å². The average molecular weight is 379 g/mol. The summed E-state index contributed by atoms with van der Waals surface area (Å²) in [6.45, 7) is 0.250. The van der Waals surface area contributed by atoms with Gasteiger partial charge in [0.25, 0.3) is 5.91 Å². The fourth-order valence-corrected chi connectivity index (χ4v) is 4.34. The van der Waals surface area contributed by atoms with Crippen molar-refractivity contribution in [3.05, 3.63) is 77.0 Å². The maximum atomic E-state index is 13.7. The van der Waals surface area contributed by atoms with Crippen molar-refractivity contribution in [3.8, 4) is 6.07 Å². The number of imide groups is 1. The molecule has 5 nitrogen and oxygen atoms in total. The Morgan fingerprint density at radius 2 is 1.96 bits per heavy atom. The van der Waals surface area contributed by atoms with E-state index in [1.807, 2.05) is 17.6 Å². The van der Waals surface area contributed by atoms with Crippen LogP contribution in [0.15, 0.2) is 60.0 Å². The zero-order valence-corrected chi connectivity index (χ0v) is 14.9. The van der Waals surface area contributed by atoms with E-state index < -0.39 is 17.1 Å². The zero-order valence-electron chi connectivity index (χ0n) is 14.1. The number of thioether (sulfide) groups is 1. The Hall–Kier alpha value is -3.11. The van der Waals surface area contributed by atoms with Crippen molar-refractivity contribution in [2.45, 2.75) is 17.8 Å². The summed E-state index contributed by atoms with van der Waals surface area (Å²) in [5, 5.41) is 10.4. The van der Waals surface area contributed by atoms with Gasteiger partial charge in [0.1, 0.15) is 11.1 Å². The number of hydrogen-bond acceptors (Lipinski definition) is 4. The maximum absolute atomic E-state index is 13.7. The number of carbonyl (C=O) groups excluding carboxylic acids is 2. The molecule has 27 heavy (non-hydrogen) atoms. The van der Waals surface area contributed by atoms with Crippen LogP contribution in [0.3, 0.4) is 0 Å². The third kappa shape index (κ3) is 3.09. The third-order valence-corrected chi connectivity index (χ3v) is 5.64. The number of amides is 3. The lowest BCUT2D eigenvalue weighted by Crippen LogP contribution is -2.61. The van der Waals surface area contributed by atoms with Crippen LogP contribution in [0, 0.1) is 17.1 Å². The highest BCUT2D eigenvalue weighted by atomic mass is 32.2. The Balaban J connectivity index is 1.71. The Morgan fingerprint density at radius 3 is 2.74 bits per heavy atom. The summed E-state index contributed by atoms with van der Waals surface area (Å²) in [4.78, 5) is 28.7. The maximum Gasteiger partial charge on any atom is 0.332 e. The monoisotopic (exact) mass is 379 g/mol. The molecule has 0 saturated carbocycles. The van der Waals surface area contributed by atoms with Gasteiger partial charge < -0.3 is 4.90 Å². The van der Waals surface area contributed by atoms with Crippen LogP contribution in [0.2, 0.25) is 0 Å². The summed E-state index contributed by atoms with van der Waals surface area (Å²) in [5.41, 5.74) is 1.51. The predicted octanol–water partition coefficient (Wildman–Crippen LogP) is 3.66. The predicted molar refractivity (Wildman–Crippen MR) is 100 cm³/mol. The van der Waals surface area contributed by atoms with E-state index in [1.165, 1.54) is 30.0 Å². The molecule has 2 unspecified atom stereocenters. The van der Waals surface area contributed by atoms with E-state index in [4.69, 9.17) is 5.26 Å². The van der Waals surface area contributed by atoms with Gasteiger partial charge in [0, 0.05) is 6.54 Å². The number of halogens is 1. The first-order chi connectivity index (χ1) is 13.1. The summed E-state index contributed by atoms with van der Waals surface area (Å²) < 4.78 is 13.7. The van der Waals surface area contributed by atoms with E-state index in [0.717, 1.165) is 10.5 Å². The fraction of sp³-hybridized carbons (Fsp3) is 0.150. The van der Waals surface area contributed by atoms with Crippen molar-refractivity contribution in [1.82, 2.24) is 4.90 Å². The average Bonchev–Trinajstić information content (AvgIpc) is 3.16. The molecule has 7 heteroatoms. The molecule has 2 aromatic rings. The molecule has 0 aliphatic carbocycles. The lowest BCUT2D eigenvalue weighted by atomic mass is 10.0.